The monoisotopic (exact) mass is 565 g/mol. The Kier molecular flexibility index (Phi) is 9.32. The van der Waals surface area contributed by atoms with Crippen LogP contribution in [-0.2, 0) is 24.8 Å². The van der Waals surface area contributed by atoms with Crippen LogP contribution in [0.25, 0.3) is 22.4 Å². The number of amidine groups is 1. The van der Waals surface area contributed by atoms with E-state index in [1.807, 2.05) is 30.2 Å². The summed E-state index contributed by atoms with van der Waals surface area (Å²) < 4.78 is 9.11. The Labute approximate surface area is 249 Å². The van der Waals surface area contributed by atoms with Crippen molar-refractivity contribution in [1.82, 2.24) is 19.6 Å². The molecule has 1 aliphatic carbocycles. The molecule has 1 atom stereocenters. The van der Waals surface area contributed by atoms with Gasteiger partial charge in [-0.3, -0.25) is 14.4 Å². The van der Waals surface area contributed by atoms with Crippen molar-refractivity contribution in [3.63, 3.8) is 0 Å². The zero-order chi connectivity index (χ0) is 29.6. The van der Waals surface area contributed by atoms with Crippen LogP contribution in [0.2, 0.25) is 0 Å². The second kappa shape index (κ2) is 13.3. The van der Waals surface area contributed by atoms with Gasteiger partial charge in [-0.05, 0) is 54.4 Å². The second-order valence-corrected chi connectivity index (χ2v) is 11.2. The van der Waals surface area contributed by atoms with Crippen molar-refractivity contribution < 1.29 is 4.74 Å². The van der Waals surface area contributed by atoms with Crippen molar-refractivity contribution >= 4 is 29.0 Å². The van der Waals surface area contributed by atoms with Crippen LogP contribution >= 0.6 is 0 Å². The fraction of sp³-hybridized carbons (Fsp3) is 0.412. The first-order valence-electron chi connectivity index (χ1n) is 15.0. The van der Waals surface area contributed by atoms with Gasteiger partial charge in [0.25, 0.3) is 0 Å². The maximum atomic E-state index is 5.17. The van der Waals surface area contributed by atoms with Gasteiger partial charge in [0.05, 0.1) is 24.5 Å². The number of benzene rings is 1. The summed E-state index contributed by atoms with van der Waals surface area (Å²) in [5.41, 5.74) is 11.1. The zero-order valence-electron chi connectivity index (χ0n) is 25.8. The summed E-state index contributed by atoms with van der Waals surface area (Å²) in [5.74, 6) is 2.24. The number of hydrogen-bond acceptors (Lipinski definition) is 6. The third-order valence-corrected chi connectivity index (χ3v) is 8.17. The van der Waals surface area contributed by atoms with Crippen LogP contribution in [0.15, 0.2) is 69.9 Å². The first kappa shape index (κ1) is 29.5. The standard InChI is InChI=1S/C34H43N7O/c1-7-23(2)20-28(21-35-4)25-9-11-26(12-10-25)34-33-29(38-40(34)5)14-13-27-22-36-30(15-8-24(3)32(27)33)37-31-16-17-41(39-31)18-19-42-6/h9-12,16-17,20-23H,7-8,13-15,18-19H2,1-6H3,(H,36,37,39)/b27-22-,28-20+,32-24?,35-21?. The summed E-state index contributed by atoms with van der Waals surface area (Å²) in [6.45, 7) is 8.08. The Morgan fingerprint density at radius 1 is 1.12 bits per heavy atom. The van der Waals surface area contributed by atoms with Gasteiger partial charge in [-0.25, -0.2) is 4.99 Å². The second-order valence-electron chi connectivity index (χ2n) is 11.2. The highest BCUT2D eigenvalue weighted by Crippen LogP contribution is 2.44. The van der Waals surface area contributed by atoms with E-state index in [1.54, 1.807) is 7.11 Å². The Bertz CT molecular complexity index is 1560. The number of ether oxygens (including phenoxy) is 1. The molecule has 0 amide bonds. The lowest BCUT2D eigenvalue weighted by Gasteiger charge is -2.24. The summed E-state index contributed by atoms with van der Waals surface area (Å²) in [6.07, 6.45) is 13.0. The van der Waals surface area contributed by atoms with Gasteiger partial charge >= 0.3 is 0 Å². The third-order valence-electron chi connectivity index (χ3n) is 8.17. The molecule has 5 rings (SSSR count). The first-order valence-corrected chi connectivity index (χ1v) is 15.0. The van der Waals surface area contributed by atoms with Gasteiger partial charge in [-0.15, -0.1) is 0 Å². The van der Waals surface area contributed by atoms with Crippen molar-refractivity contribution in [2.45, 2.75) is 59.4 Å². The van der Waals surface area contributed by atoms with Crippen LogP contribution in [0.4, 0.5) is 5.82 Å². The molecule has 8 nitrogen and oxygen atoms in total. The highest BCUT2D eigenvalue weighted by Gasteiger charge is 2.29. The smallest absolute Gasteiger partial charge is 0.153 e. The molecule has 1 N–H and O–H groups in total. The summed E-state index contributed by atoms with van der Waals surface area (Å²) in [5, 5.41) is 13.0. The fourth-order valence-electron chi connectivity index (χ4n) is 5.73. The zero-order valence-corrected chi connectivity index (χ0v) is 25.8. The maximum absolute atomic E-state index is 5.17. The molecule has 0 radical (unpaired) electrons. The highest BCUT2D eigenvalue weighted by molar-refractivity contribution is 6.10. The Balaban J connectivity index is 1.45. The van der Waals surface area contributed by atoms with Gasteiger partial charge in [-0.2, -0.15) is 10.2 Å². The Hall–Kier alpha value is -4.04. The van der Waals surface area contributed by atoms with E-state index in [9.17, 15) is 0 Å². The van der Waals surface area contributed by atoms with Crippen LogP contribution in [0.1, 0.15) is 63.3 Å². The fourth-order valence-corrected chi connectivity index (χ4v) is 5.73. The lowest BCUT2D eigenvalue weighted by atomic mass is 9.81. The van der Waals surface area contributed by atoms with E-state index in [0.717, 1.165) is 56.0 Å². The van der Waals surface area contributed by atoms with E-state index >= 15 is 0 Å². The summed E-state index contributed by atoms with van der Waals surface area (Å²) in [4.78, 5) is 9.23. The van der Waals surface area contributed by atoms with E-state index < -0.39 is 0 Å². The average molecular weight is 566 g/mol. The molecule has 8 heteroatoms. The van der Waals surface area contributed by atoms with Gasteiger partial charge in [0, 0.05) is 63.4 Å². The lowest BCUT2D eigenvalue weighted by Crippen LogP contribution is -2.15. The number of aliphatic imine (C=N–C) groups is 2. The van der Waals surface area contributed by atoms with Crippen LogP contribution < -0.4 is 5.32 Å². The SMILES string of the molecule is CCC(C)/C=C(\C=NC)c1ccc(-c2c3c(nn2C)CC/C2=C/N=C(Nc4ccn(CCOC)n4)CCC(C)=C23)cc1. The van der Waals surface area contributed by atoms with E-state index in [2.05, 4.69) is 84.5 Å². The van der Waals surface area contributed by atoms with E-state index in [-0.39, 0.29) is 0 Å². The van der Waals surface area contributed by atoms with Crippen molar-refractivity contribution in [2.75, 3.05) is 26.1 Å². The number of hydrogen-bond donors (Lipinski definition) is 1. The third kappa shape index (κ3) is 6.39. The van der Waals surface area contributed by atoms with Gasteiger partial charge < -0.3 is 10.1 Å². The number of rotatable bonds is 9. The van der Waals surface area contributed by atoms with Gasteiger partial charge in [0.1, 0.15) is 5.84 Å². The van der Waals surface area contributed by atoms with Crippen molar-refractivity contribution in [3.05, 3.63) is 76.8 Å². The Morgan fingerprint density at radius 3 is 2.67 bits per heavy atom. The van der Waals surface area contributed by atoms with Crippen LogP contribution in [-0.4, -0.2) is 52.4 Å². The molecule has 2 aromatic heterocycles. The molecule has 0 bridgehead atoms. The molecule has 220 valence electrons. The van der Waals surface area contributed by atoms with Crippen molar-refractivity contribution in [1.29, 1.82) is 0 Å². The number of aromatic nitrogens is 4. The van der Waals surface area contributed by atoms with Gasteiger partial charge in [0.2, 0.25) is 0 Å². The summed E-state index contributed by atoms with van der Waals surface area (Å²) in [6, 6.07) is 10.9. The molecular weight excluding hydrogens is 522 g/mol. The van der Waals surface area contributed by atoms with E-state index in [0.29, 0.717) is 12.5 Å². The number of fused-ring (bicyclic) bond motifs is 3. The van der Waals surface area contributed by atoms with Crippen molar-refractivity contribution in [2.24, 2.45) is 23.0 Å². The number of nitrogens with zero attached hydrogens (tertiary/aromatic N) is 6. The minimum absolute atomic E-state index is 0.498. The summed E-state index contributed by atoms with van der Waals surface area (Å²) >= 11 is 0. The molecule has 0 saturated heterocycles. The number of anilines is 1. The molecule has 1 aliphatic heterocycles. The van der Waals surface area contributed by atoms with Crippen molar-refractivity contribution in [3.8, 4) is 11.3 Å². The molecule has 42 heavy (non-hydrogen) atoms. The Morgan fingerprint density at radius 2 is 1.93 bits per heavy atom. The average Bonchev–Trinajstić information content (AvgIpc) is 3.58. The molecule has 1 unspecified atom stereocenters. The minimum Gasteiger partial charge on any atom is -0.383 e. The van der Waals surface area contributed by atoms with Gasteiger partial charge in [0.15, 0.2) is 5.82 Å². The minimum atomic E-state index is 0.498. The molecule has 1 aromatic carbocycles. The normalized spacial score (nSPS) is 17.7. The molecule has 2 aliphatic rings. The molecule has 3 aromatic rings. The largest absolute Gasteiger partial charge is 0.383 e. The van der Waals surface area contributed by atoms with E-state index in [4.69, 9.17) is 14.8 Å². The quantitative estimate of drug-likeness (QED) is 0.284. The number of nitrogens with one attached hydrogen (secondary N) is 1. The van der Waals surface area contributed by atoms with Crippen LogP contribution in [0.3, 0.4) is 0 Å². The predicted octanol–water partition coefficient (Wildman–Crippen LogP) is 6.97. The molecule has 0 spiro atoms. The van der Waals surface area contributed by atoms with Gasteiger partial charge in [-0.1, -0.05) is 56.2 Å². The molecule has 0 fully saturated rings. The lowest BCUT2D eigenvalue weighted by molar-refractivity contribution is 0.183. The predicted molar refractivity (Wildman–Crippen MR) is 174 cm³/mol. The molecule has 3 heterocycles. The number of allylic oxidation sites excluding steroid dienone is 5. The summed E-state index contributed by atoms with van der Waals surface area (Å²) in [7, 11) is 5.60. The molecule has 0 saturated carbocycles. The van der Waals surface area contributed by atoms with E-state index in [1.165, 1.54) is 44.7 Å². The first-order chi connectivity index (χ1) is 20.4. The highest BCUT2D eigenvalue weighted by atomic mass is 16.5. The van der Waals surface area contributed by atoms with Crippen LogP contribution in [0, 0.1) is 5.92 Å². The molecular formula is C34H43N7O. The topological polar surface area (TPSA) is 81.6 Å². The maximum Gasteiger partial charge on any atom is 0.153 e. The number of aryl methyl sites for hydroxylation is 2. The van der Waals surface area contributed by atoms with Crippen LogP contribution in [0.5, 0.6) is 0 Å². The number of methoxy groups -OCH3 is 1.